The molecule has 20 heavy (non-hydrogen) atoms. The molecule has 1 unspecified atom stereocenters. The summed E-state index contributed by atoms with van der Waals surface area (Å²) < 4.78 is 6.49. The largest absolute Gasteiger partial charge is 0.497 e. The molecule has 7 heteroatoms. The van der Waals surface area contributed by atoms with Crippen molar-refractivity contribution in [1.82, 2.24) is 20.1 Å². The molecule has 1 amide bonds. The van der Waals surface area contributed by atoms with Crippen LogP contribution >= 0.6 is 0 Å². The average molecular weight is 275 g/mol. The van der Waals surface area contributed by atoms with E-state index in [0.717, 1.165) is 11.3 Å². The van der Waals surface area contributed by atoms with Crippen LogP contribution in [0.25, 0.3) is 0 Å². The number of hydrogen-bond donors (Lipinski definition) is 2. The molecule has 1 heterocycles. The fourth-order valence-electron chi connectivity index (χ4n) is 1.80. The van der Waals surface area contributed by atoms with E-state index in [2.05, 4.69) is 15.4 Å². The van der Waals surface area contributed by atoms with Crippen LogP contribution in [0.4, 0.5) is 5.95 Å². The molecule has 106 valence electrons. The monoisotopic (exact) mass is 275 g/mol. The van der Waals surface area contributed by atoms with Gasteiger partial charge in [0.1, 0.15) is 18.6 Å². The minimum absolute atomic E-state index is 0.0880. The van der Waals surface area contributed by atoms with Crippen LogP contribution in [0.1, 0.15) is 18.5 Å². The third-order valence-electron chi connectivity index (χ3n) is 2.85. The second-order valence-electron chi connectivity index (χ2n) is 4.36. The Kier molecular flexibility index (Phi) is 4.19. The smallest absolute Gasteiger partial charge is 0.242 e. The molecule has 0 bridgehead atoms. The maximum absolute atomic E-state index is 11.9. The molecule has 0 aliphatic rings. The second-order valence-corrected chi connectivity index (χ2v) is 4.36. The van der Waals surface area contributed by atoms with E-state index in [-0.39, 0.29) is 24.4 Å². The molecule has 0 aliphatic carbocycles. The van der Waals surface area contributed by atoms with Gasteiger partial charge in [-0.2, -0.15) is 0 Å². The summed E-state index contributed by atoms with van der Waals surface area (Å²) in [7, 11) is 1.62. The lowest BCUT2D eigenvalue weighted by atomic mass is 10.1. The van der Waals surface area contributed by atoms with Crippen LogP contribution in [-0.2, 0) is 11.3 Å². The van der Waals surface area contributed by atoms with Crippen LogP contribution < -0.4 is 15.8 Å². The standard InChI is InChI=1S/C13H17N5O2/c1-9(10-3-5-11(20-2)6-4-10)16-12(19)7-18-8-15-13(14)17-18/h3-6,8-9H,7H2,1-2H3,(H2,14,17)(H,16,19). The van der Waals surface area contributed by atoms with Crippen LogP contribution in [0.15, 0.2) is 30.6 Å². The Bertz CT molecular complexity index is 579. The molecule has 1 atom stereocenters. The van der Waals surface area contributed by atoms with E-state index in [1.807, 2.05) is 31.2 Å². The number of nitrogens with two attached hydrogens (primary N) is 1. The van der Waals surface area contributed by atoms with Gasteiger partial charge in [0.15, 0.2) is 0 Å². The summed E-state index contributed by atoms with van der Waals surface area (Å²) in [5, 5.41) is 6.74. The lowest BCUT2D eigenvalue weighted by molar-refractivity contribution is -0.122. The van der Waals surface area contributed by atoms with Gasteiger partial charge in [-0.1, -0.05) is 12.1 Å². The van der Waals surface area contributed by atoms with Crippen LogP contribution in [0.5, 0.6) is 5.75 Å². The lowest BCUT2D eigenvalue weighted by Gasteiger charge is -2.14. The quantitative estimate of drug-likeness (QED) is 0.839. The highest BCUT2D eigenvalue weighted by atomic mass is 16.5. The number of carbonyl (C=O) groups excluding carboxylic acids is 1. The van der Waals surface area contributed by atoms with Crippen molar-refractivity contribution in [2.45, 2.75) is 19.5 Å². The summed E-state index contributed by atoms with van der Waals surface area (Å²) in [6.45, 7) is 2.00. The van der Waals surface area contributed by atoms with Crippen molar-refractivity contribution < 1.29 is 9.53 Å². The maximum Gasteiger partial charge on any atom is 0.242 e. The summed E-state index contributed by atoms with van der Waals surface area (Å²) in [6, 6.07) is 7.44. The third kappa shape index (κ3) is 3.47. The van der Waals surface area contributed by atoms with Gasteiger partial charge >= 0.3 is 0 Å². The number of methoxy groups -OCH3 is 1. The SMILES string of the molecule is COc1ccc(C(C)NC(=O)Cn2cnc(N)n2)cc1. The molecule has 0 saturated carbocycles. The summed E-state index contributed by atoms with van der Waals surface area (Å²) >= 11 is 0. The predicted octanol–water partition coefficient (Wildman–Crippen LogP) is 0.746. The molecule has 2 aromatic rings. The number of anilines is 1. The fourth-order valence-corrected chi connectivity index (χ4v) is 1.80. The highest BCUT2D eigenvalue weighted by molar-refractivity contribution is 5.76. The maximum atomic E-state index is 11.9. The Labute approximate surface area is 116 Å². The number of ether oxygens (including phenoxy) is 1. The number of nitrogens with one attached hydrogen (secondary N) is 1. The zero-order valence-corrected chi connectivity index (χ0v) is 11.4. The number of nitrogen functional groups attached to an aromatic ring is 1. The van der Waals surface area contributed by atoms with E-state index < -0.39 is 0 Å². The highest BCUT2D eigenvalue weighted by Crippen LogP contribution is 2.17. The van der Waals surface area contributed by atoms with Crippen LogP contribution in [0.2, 0.25) is 0 Å². The van der Waals surface area contributed by atoms with Gasteiger partial charge in [-0.3, -0.25) is 4.79 Å². The van der Waals surface area contributed by atoms with Crippen molar-refractivity contribution in [2.24, 2.45) is 0 Å². The van der Waals surface area contributed by atoms with Gasteiger partial charge in [-0.05, 0) is 24.6 Å². The number of aromatic nitrogens is 3. The second kappa shape index (κ2) is 6.05. The fraction of sp³-hybridized carbons (Fsp3) is 0.308. The Morgan fingerprint density at radius 3 is 2.70 bits per heavy atom. The van der Waals surface area contributed by atoms with E-state index in [1.54, 1.807) is 7.11 Å². The molecule has 0 aliphatic heterocycles. The van der Waals surface area contributed by atoms with Crippen molar-refractivity contribution >= 4 is 11.9 Å². The van der Waals surface area contributed by atoms with E-state index in [0.29, 0.717) is 0 Å². The summed E-state index contributed by atoms with van der Waals surface area (Å²) in [6.07, 6.45) is 1.42. The summed E-state index contributed by atoms with van der Waals surface area (Å²) in [5.41, 5.74) is 6.38. The molecular weight excluding hydrogens is 258 g/mol. The number of amides is 1. The predicted molar refractivity (Wildman–Crippen MR) is 74.0 cm³/mol. The van der Waals surface area contributed by atoms with E-state index >= 15 is 0 Å². The van der Waals surface area contributed by atoms with Gasteiger partial charge in [0, 0.05) is 0 Å². The van der Waals surface area contributed by atoms with Gasteiger partial charge in [-0.25, -0.2) is 9.67 Å². The van der Waals surface area contributed by atoms with Gasteiger partial charge in [0.2, 0.25) is 11.9 Å². The Balaban J connectivity index is 1.92. The Hall–Kier alpha value is -2.57. The topological polar surface area (TPSA) is 95.1 Å². The van der Waals surface area contributed by atoms with Crippen molar-refractivity contribution in [3.63, 3.8) is 0 Å². The summed E-state index contributed by atoms with van der Waals surface area (Å²) in [5.74, 6) is 0.782. The lowest BCUT2D eigenvalue weighted by Crippen LogP contribution is -2.30. The Morgan fingerprint density at radius 1 is 1.45 bits per heavy atom. The number of rotatable bonds is 5. The molecule has 0 saturated heterocycles. The third-order valence-corrected chi connectivity index (χ3v) is 2.85. The number of benzene rings is 1. The Morgan fingerprint density at radius 2 is 2.15 bits per heavy atom. The molecule has 0 radical (unpaired) electrons. The molecule has 1 aromatic heterocycles. The van der Waals surface area contributed by atoms with E-state index in [1.165, 1.54) is 11.0 Å². The first kappa shape index (κ1) is 13.9. The van der Waals surface area contributed by atoms with Crippen molar-refractivity contribution in [3.8, 4) is 5.75 Å². The first-order valence-corrected chi connectivity index (χ1v) is 6.16. The molecule has 1 aromatic carbocycles. The van der Waals surface area contributed by atoms with Crippen LogP contribution in [0, 0.1) is 0 Å². The van der Waals surface area contributed by atoms with Gasteiger partial charge in [-0.15, -0.1) is 5.10 Å². The minimum Gasteiger partial charge on any atom is -0.497 e. The van der Waals surface area contributed by atoms with Crippen molar-refractivity contribution in [1.29, 1.82) is 0 Å². The number of carbonyl (C=O) groups is 1. The zero-order chi connectivity index (χ0) is 14.5. The first-order chi connectivity index (χ1) is 9.58. The highest BCUT2D eigenvalue weighted by Gasteiger charge is 2.10. The normalized spacial score (nSPS) is 11.9. The number of hydrogen-bond acceptors (Lipinski definition) is 5. The molecule has 7 nitrogen and oxygen atoms in total. The van der Waals surface area contributed by atoms with Crippen molar-refractivity contribution in [3.05, 3.63) is 36.2 Å². The molecule has 0 spiro atoms. The van der Waals surface area contributed by atoms with E-state index in [9.17, 15) is 4.79 Å². The first-order valence-electron chi connectivity index (χ1n) is 6.16. The van der Waals surface area contributed by atoms with Crippen LogP contribution in [0.3, 0.4) is 0 Å². The van der Waals surface area contributed by atoms with Gasteiger partial charge < -0.3 is 15.8 Å². The molecular formula is C13H17N5O2. The zero-order valence-electron chi connectivity index (χ0n) is 11.4. The molecule has 2 rings (SSSR count). The molecule has 3 N–H and O–H groups in total. The number of nitrogens with zero attached hydrogens (tertiary/aromatic N) is 3. The average Bonchev–Trinajstić information content (AvgIpc) is 2.84. The van der Waals surface area contributed by atoms with Gasteiger partial charge in [0.05, 0.1) is 13.2 Å². The minimum atomic E-state index is -0.154. The van der Waals surface area contributed by atoms with E-state index in [4.69, 9.17) is 10.5 Å². The summed E-state index contributed by atoms with van der Waals surface area (Å²) in [4.78, 5) is 15.6. The van der Waals surface area contributed by atoms with Crippen molar-refractivity contribution in [2.75, 3.05) is 12.8 Å². The van der Waals surface area contributed by atoms with Crippen LogP contribution in [-0.4, -0.2) is 27.8 Å². The molecule has 0 fully saturated rings. The van der Waals surface area contributed by atoms with Gasteiger partial charge in [0.25, 0.3) is 0 Å².